The van der Waals surface area contributed by atoms with Crippen molar-refractivity contribution in [3.8, 4) is 5.75 Å². The third kappa shape index (κ3) is 9.98. The van der Waals surface area contributed by atoms with E-state index in [1.807, 2.05) is 31.2 Å². The van der Waals surface area contributed by atoms with Gasteiger partial charge in [0.1, 0.15) is 12.4 Å². The molecule has 1 aromatic carbocycles. The molecule has 0 aliphatic rings. The van der Waals surface area contributed by atoms with Gasteiger partial charge in [-0.1, -0.05) is 32.0 Å². The lowest BCUT2D eigenvalue weighted by atomic mass is 10.2. The molecule has 1 rings (SSSR count). The second-order valence-electron chi connectivity index (χ2n) is 5.44. The molecule has 1 unspecified atom stereocenters. The molecule has 0 saturated carbocycles. The molecule has 0 saturated heterocycles. The zero-order valence-corrected chi connectivity index (χ0v) is 16.4. The molecule has 140 valence electrons. The number of para-hydroxylation sites is 1. The van der Waals surface area contributed by atoms with Crippen LogP contribution in [-0.2, 0) is 11.3 Å². The minimum absolute atomic E-state index is 0. The summed E-state index contributed by atoms with van der Waals surface area (Å²) in [7, 11) is 0. The Morgan fingerprint density at radius 3 is 2.46 bits per heavy atom. The average Bonchev–Trinajstić information content (AvgIpc) is 2.50. The molecule has 0 aliphatic heterocycles. The standard InChI is InChI=1S/C17H29N3O2.2ClH/c1-4-20(5-2)10-11-22-16-9-7-6-8-15(16)13-19-17(21)12-14(3)18;;/h6-9,14H,4-5,10-13,18H2,1-3H3,(H,19,21);2*1H. The van der Waals surface area contributed by atoms with Gasteiger partial charge in [-0.3, -0.25) is 4.79 Å². The summed E-state index contributed by atoms with van der Waals surface area (Å²) in [6.07, 6.45) is 0.338. The Morgan fingerprint density at radius 2 is 1.88 bits per heavy atom. The van der Waals surface area contributed by atoms with Crippen LogP contribution in [0, 0.1) is 0 Å². The quantitative estimate of drug-likeness (QED) is 0.655. The predicted octanol–water partition coefficient (Wildman–Crippen LogP) is 2.60. The Labute approximate surface area is 158 Å². The van der Waals surface area contributed by atoms with Crippen molar-refractivity contribution in [2.75, 3.05) is 26.2 Å². The van der Waals surface area contributed by atoms with E-state index >= 15 is 0 Å². The molecule has 0 radical (unpaired) electrons. The van der Waals surface area contributed by atoms with E-state index in [1.54, 1.807) is 0 Å². The summed E-state index contributed by atoms with van der Waals surface area (Å²) in [6, 6.07) is 7.68. The van der Waals surface area contributed by atoms with Crippen molar-refractivity contribution in [3.05, 3.63) is 29.8 Å². The van der Waals surface area contributed by atoms with Crippen molar-refractivity contribution < 1.29 is 9.53 Å². The average molecular weight is 380 g/mol. The fourth-order valence-electron chi connectivity index (χ4n) is 2.17. The number of benzene rings is 1. The molecule has 1 atom stereocenters. The third-order valence-electron chi connectivity index (χ3n) is 3.52. The van der Waals surface area contributed by atoms with Crippen LogP contribution in [-0.4, -0.2) is 43.1 Å². The number of hydrogen-bond acceptors (Lipinski definition) is 4. The lowest BCUT2D eigenvalue weighted by Gasteiger charge is -2.19. The van der Waals surface area contributed by atoms with Crippen molar-refractivity contribution in [2.45, 2.75) is 39.8 Å². The predicted molar refractivity (Wildman–Crippen MR) is 104 cm³/mol. The molecule has 0 spiro atoms. The molecule has 5 nitrogen and oxygen atoms in total. The molecule has 24 heavy (non-hydrogen) atoms. The van der Waals surface area contributed by atoms with Gasteiger partial charge in [-0.2, -0.15) is 0 Å². The lowest BCUT2D eigenvalue weighted by molar-refractivity contribution is -0.121. The Bertz CT molecular complexity index is 455. The highest BCUT2D eigenvalue weighted by Gasteiger charge is 2.08. The molecule has 7 heteroatoms. The normalized spacial score (nSPS) is 11.2. The van der Waals surface area contributed by atoms with Crippen LogP contribution < -0.4 is 15.8 Å². The summed E-state index contributed by atoms with van der Waals surface area (Å²) in [5, 5.41) is 2.88. The van der Waals surface area contributed by atoms with Crippen LogP contribution in [0.15, 0.2) is 24.3 Å². The zero-order valence-electron chi connectivity index (χ0n) is 14.8. The highest BCUT2D eigenvalue weighted by atomic mass is 35.5. The molecule has 0 aliphatic carbocycles. The van der Waals surface area contributed by atoms with Crippen molar-refractivity contribution in [2.24, 2.45) is 5.73 Å². The van der Waals surface area contributed by atoms with Crippen molar-refractivity contribution in [1.82, 2.24) is 10.2 Å². The molecule has 0 aromatic heterocycles. The lowest BCUT2D eigenvalue weighted by Crippen LogP contribution is -2.30. The van der Waals surface area contributed by atoms with Gasteiger partial charge in [-0.15, -0.1) is 24.8 Å². The maximum atomic E-state index is 11.7. The minimum atomic E-state index is -0.124. The van der Waals surface area contributed by atoms with Crippen molar-refractivity contribution in [1.29, 1.82) is 0 Å². The van der Waals surface area contributed by atoms with E-state index in [0.29, 0.717) is 19.6 Å². The molecule has 0 heterocycles. The number of carbonyl (C=O) groups excluding carboxylic acids is 1. The van der Waals surface area contributed by atoms with E-state index in [1.165, 1.54) is 0 Å². The topological polar surface area (TPSA) is 67.6 Å². The van der Waals surface area contributed by atoms with Crippen LogP contribution in [0.2, 0.25) is 0 Å². The van der Waals surface area contributed by atoms with Gasteiger partial charge < -0.3 is 20.7 Å². The van der Waals surface area contributed by atoms with Crippen LogP contribution >= 0.6 is 24.8 Å². The monoisotopic (exact) mass is 379 g/mol. The third-order valence-corrected chi connectivity index (χ3v) is 3.52. The number of ether oxygens (including phenoxy) is 1. The molecule has 1 amide bonds. The highest BCUT2D eigenvalue weighted by Crippen LogP contribution is 2.17. The Balaban J connectivity index is 0. The van der Waals surface area contributed by atoms with Crippen molar-refractivity contribution >= 4 is 30.7 Å². The molecule has 3 N–H and O–H groups in total. The molecular weight excluding hydrogens is 349 g/mol. The summed E-state index contributed by atoms with van der Waals surface area (Å²) in [5.41, 5.74) is 6.61. The maximum Gasteiger partial charge on any atom is 0.221 e. The number of carbonyl (C=O) groups is 1. The largest absolute Gasteiger partial charge is 0.492 e. The van der Waals surface area contributed by atoms with E-state index in [0.717, 1.165) is 30.9 Å². The summed E-state index contributed by atoms with van der Waals surface area (Å²) < 4.78 is 5.87. The molecule has 1 aromatic rings. The Morgan fingerprint density at radius 1 is 1.25 bits per heavy atom. The smallest absolute Gasteiger partial charge is 0.221 e. The molecule has 0 fully saturated rings. The van der Waals surface area contributed by atoms with Crippen molar-refractivity contribution in [3.63, 3.8) is 0 Å². The zero-order chi connectivity index (χ0) is 16.4. The van der Waals surface area contributed by atoms with Crippen LogP contribution in [0.5, 0.6) is 5.75 Å². The fourth-order valence-corrected chi connectivity index (χ4v) is 2.17. The summed E-state index contributed by atoms with van der Waals surface area (Å²) >= 11 is 0. The number of amides is 1. The number of halogens is 2. The van der Waals surface area contributed by atoms with Gasteiger partial charge in [-0.25, -0.2) is 0 Å². The van der Waals surface area contributed by atoms with Gasteiger partial charge in [0.15, 0.2) is 0 Å². The first kappa shape index (κ1) is 25.2. The van der Waals surface area contributed by atoms with Gasteiger partial charge >= 0.3 is 0 Å². The fraction of sp³-hybridized carbons (Fsp3) is 0.588. The van der Waals surface area contributed by atoms with E-state index in [2.05, 4.69) is 24.1 Å². The van der Waals surface area contributed by atoms with E-state index in [-0.39, 0.29) is 36.8 Å². The van der Waals surface area contributed by atoms with Crippen LogP contribution in [0.3, 0.4) is 0 Å². The minimum Gasteiger partial charge on any atom is -0.492 e. The van der Waals surface area contributed by atoms with E-state index < -0.39 is 0 Å². The summed E-state index contributed by atoms with van der Waals surface area (Å²) in [5.74, 6) is 0.795. The number of likely N-dealkylation sites (N-methyl/N-ethyl adjacent to an activating group) is 1. The van der Waals surface area contributed by atoms with Crippen LogP contribution in [0.1, 0.15) is 32.8 Å². The second kappa shape index (κ2) is 14.3. The summed E-state index contributed by atoms with van der Waals surface area (Å²) in [6.45, 7) is 10.2. The first-order valence-corrected chi connectivity index (χ1v) is 8.02. The van der Waals surface area contributed by atoms with Crippen LogP contribution in [0.25, 0.3) is 0 Å². The number of rotatable bonds is 10. The number of nitrogens with one attached hydrogen (secondary N) is 1. The van der Waals surface area contributed by atoms with Gasteiger partial charge in [0.2, 0.25) is 5.91 Å². The summed E-state index contributed by atoms with van der Waals surface area (Å²) in [4.78, 5) is 14.0. The van der Waals surface area contributed by atoms with Gasteiger partial charge in [0, 0.05) is 31.1 Å². The first-order chi connectivity index (χ1) is 10.6. The second-order valence-corrected chi connectivity index (χ2v) is 5.44. The molecule has 0 bridgehead atoms. The number of nitrogens with zero attached hydrogens (tertiary/aromatic N) is 1. The number of nitrogens with two attached hydrogens (primary N) is 1. The van der Waals surface area contributed by atoms with Crippen LogP contribution in [0.4, 0.5) is 0 Å². The van der Waals surface area contributed by atoms with E-state index in [4.69, 9.17) is 10.5 Å². The van der Waals surface area contributed by atoms with E-state index in [9.17, 15) is 4.79 Å². The maximum absolute atomic E-state index is 11.7. The first-order valence-electron chi connectivity index (χ1n) is 8.02. The highest BCUT2D eigenvalue weighted by molar-refractivity contribution is 5.85. The number of hydrogen-bond donors (Lipinski definition) is 2. The molecular formula is C17H31Cl2N3O2. The Kier molecular flexibility index (Phi) is 15.1. The Hall–Kier alpha value is -1.01. The SMILES string of the molecule is CCN(CC)CCOc1ccccc1CNC(=O)CC(C)N.Cl.Cl. The van der Waals surface area contributed by atoms with Gasteiger partial charge in [-0.05, 0) is 26.1 Å². The van der Waals surface area contributed by atoms with Gasteiger partial charge in [0.05, 0.1) is 0 Å². The van der Waals surface area contributed by atoms with Gasteiger partial charge in [0.25, 0.3) is 0 Å².